The first-order valence-electron chi connectivity index (χ1n) is 7.51. The van der Waals surface area contributed by atoms with Crippen LogP contribution in [0.2, 0.25) is 0 Å². The molecule has 0 aliphatic heterocycles. The van der Waals surface area contributed by atoms with E-state index in [1.54, 1.807) is 6.26 Å². The molecule has 0 saturated heterocycles. The van der Waals surface area contributed by atoms with Gasteiger partial charge in [-0.3, -0.25) is 9.69 Å². The Balaban J connectivity index is 2.09. The number of aromatic nitrogens is 1. The van der Waals surface area contributed by atoms with Crippen molar-refractivity contribution in [1.82, 2.24) is 9.47 Å². The maximum absolute atomic E-state index is 12.6. The lowest BCUT2D eigenvalue weighted by molar-refractivity contribution is 0.0924. The van der Waals surface area contributed by atoms with Crippen LogP contribution in [0.4, 0.5) is 0 Å². The molecule has 0 unspecified atom stereocenters. The minimum Gasteiger partial charge on any atom is -0.468 e. The topological polar surface area (TPSA) is 38.4 Å². The van der Waals surface area contributed by atoms with Crippen LogP contribution in [-0.4, -0.2) is 28.3 Å². The van der Waals surface area contributed by atoms with Gasteiger partial charge in [-0.15, -0.1) is 0 Å². The van der Waals surface area contributed by atoms with Crippen LogP contribution in [0.25, 0.3) is 0 Å². The largest absolute Gasteiger partial charge is 0.468 e. The Kier molecular flexibility index (Phi) is 5.02. The van der Waals surface area contributed by atoms with Crippen LogP contribution < -0.4 is 0 Å². The molecule has 0 aromatic carbocycles. The Morgan fingerprint density at radius 2 is 2.10 bits per heavy atom. The highest BCUT2D eigenvalue weighted by molar-refractivity contribution is 5.99. The summed E-state index contributed by atoms with van der Waals surface area (Å²) in [6.07, 6.45) is 1.67. The number of rotatable bonds is 7. The van der Waals surface area contributed by atoms with Gasteiger partial charge in [-0.1, -0.05) is 6.92 Å². The van der Waals surface area contributed by atoms with E-state index >= 15 is 0 Å². The second-order valence-electron chi connectivity index (χ2n) is 5.33. The van der Waals surface area contributed by atoms with E-state index in [0.29, 0.717) is 13.1 Å². The molecule has 2 aromatic heterocycles. The monoisotopic (exact) mass is 288 g/mol. The molecule has 0 radical (unpaired) electrons. The highest BCUT2D eigenvalue weighted by Gasteiger charge is 2.18. The van der Waals surface area contributed by atoms with E-state index in [9.17, 15) is 4.79 Å². The first kappa shape index (κ1) is 15.6. The van der Waals surface area contributed by atoms with Gasteiger partial charge in [0.25, 0.3) is 0 Å². The van der Waals surface area contributed by atoms with E-state index in [1.165, 1.54) is 0 Å². The van der Waals surface area contributed by atoms with E-state index in [2.05, 4.69) is 23.3 Å². The molecule has 4 nitrogen and oxygen atoms in total. The molecular weight excluding hydrogens is 264 g/mol. The van der Waals surface area contributed by atoms with Crippen molar-refractivity contribution in [2.24, 2.45) is 0 Å². The molecule has 0 spiro atoms. The zero-order chi connectivity index (χ0) is 15.4. The maximum Gasteiger partial charge on any atom is 0.178 e. The number of aryl methyl sites for hydroxylation is 1. The third-order valence-corrected chi connectivity index (χ3v) is 3.96. The summed E-state index contributed by atoms with van der Waals surface area (Å²) in [4.78, 5) is 14.7. The molecule has 0 fully saturated rings. The molecule has 0 amide bonds. The van der Waals surface area contributed by atoms with Gasteiger partial charge in [0.2, 0.25) is 0 Å². The van der Waals surface area contributed by atoms with Crippen molar-refractivity contribution in [2.45, 2.75) is 40.8 Å². The van der Waals surface area contributed by atoms with Gasteiger partial charge in [-0.2, -0.15) is 0 Å². The maximum atomic E-state index is 12.6. The number of ketones is 1. The van der Waals surface area contributed by atoms with Crippen LogP contribution in [0.3, 0.4) is 0 Å². The average molecular weight is 288 g/mol. The SMILES string of the molecule is CCN(CC(=O)c1cc(C)n(CC)c1C)Cc1ccco1. The van der Waals surface area contributed by atoms with Gasteiger partial charge in [0.05, 0.1) is 19.4 Å². The van der Waals surface area contributed by atoms with Crippen LogP contribution in [-0.2, 0) is 13.1 Å². The molecule has 0 N–H and O–H groups in total. The highest BCUT2D eigenvalue weighted by atomic mass is 16.3. The Morgan fingerprint density at radius 3 is 2.62 bits per heavy atom. The van der Waals surface area contributed by atoms with Crippen LogP contribution in [0, 0.1) is 13.8 Å². The average Bonchev–Trinajstić information content (AvgIpc) is 3.06. The first-order chi connectivity index (χ1) is 10.1. The van der Waals surface area contributed by atoms with Gasteiger partial charge in [-0.05, 0) is 45.5 Å². The quantitative estimate of drug-likeness (QED) is 0.733. The van der Waals surface area contributed by atoms with E-state index in [0.717, 1.165) is 35.8 Å². The number of furan rings is 1. The van der Waals surface area contributed by atoms with Crippen molar-refractivity contribution < 1.29 is 9.21 Å². The lowest BCUT2D eigenvalue weighted by atomic mass is 10.1. The number of Topliss-reactive ketones (excluding diaryl/α,β-unsaturated/α-hetero) is 1. The van der Waals surface area contributed by atoms with E-state index in [-0.39, 0.29) is 5.78 Å². The number of nitrogens with zero attached hydrogens (tertiary/aromatic N) is 2. The van der Waals surface area contributed by atoms with Crippen molar-refractivity contribution in [3.63, 3.8) is 0 Å². The van der Waals surface area contributed by atoms with Crippen LogP contribution in [0.5, 0.6) is 0 Å². The Hall–Kier alpha value is -1.81. The molecule has 2 rings (SSSR count). The summed E-state index contributed by atoms with van der Waals surface area (Å²) in [6.45, 7) is 11.0. The summed E-state index contributed by atoms with van der Waals surface area (Å²) in [6, 6.07) is 5.82. The second kappa shape index (κ2) is 6.76. The van der Waals surface area contributed by atoms with Gasteiger partial charge in [0.15, 0.2) is 5.78 Å². The normalized spacial score (nSPS) is 11.3. The molecule has 0 aliphatic rings. The minimum atomic E-state index is 0.177. The zero-order valence-electron chi connectivity index (χ0n) is 13.3. The Morgan fingerprint density at radius 1 is 1.33 bits per heavy atom. The number of hydrogen-bond donors (Lipinski definition) is 0. The van der Waals surface area contributed by atoms with Crippen molar-refractivity contribution in [3.8, 4) is 0 Å². The van der Waals surface area contributed by atoms with Gasteiger partial charge in [-0.25, -0.2) is 0 Å². The standard InChI is InChI=1S/C17H24N2O2/c1-5-18(11-15-8-7-9-21-15)12-17(20)16-10-13(3)19(6-2)14(16)4/h7-10H,5-6,11-12H2,1-4H3. The van der Waals surface area contributed by atoms with Crippen LogP contribution >= 0.6 is 0 Å². The lowest BCUT2D eigenvalue weighted by Gasteiger charge is -2.18. The second-order valence-corrected chi connectivity index (χ2v) is 5.33. The summed E-state index contributed by atoms with van der Waals surface area (Å²) in [5, 5.41) is 0. The summed E-state index contributed by atoms with van der Waals surface area (Å²) in [7, 11) is 0. The predicted molar refractivity (Wildman–Crippen MR) is 83.6 cm³/mol. The van der Waals surface area contributed by atoms with Crippen LogP contribution in [0.1, 0.15) is 41.4 Å². The van der Waals surface area contributed by atoms with Gasteiger partial charge >= 0.3 is 0 Å². The van der Waals surface area contributed by atoms with Gasteiger partial charge in [0.1, 0.15) is 5.76 Å². The smallest absolute Gasteiger partial charge is 0.178 e. The van der Waals surface area contributed by atoms with Crippen molar-refractivity contribution >= 4 is 5.78 Å². The van der Waals surface area contributed by atoms with Crippen molar-refractivity contribution in [3.05, 3.63) is 47.2 Å². The Labute approximate surface area is 126 Å². The van der Waals surface area contributed by atoms with Crippen molar-refractivity contribution in [2.75, 3.05) is 13.1 Å². The summed E-state index contributed by atoms with van der Waals surface area (Å²) >= 11 is 0. The fraction of sp³-hybridized carbons (Fsp3) is 0.471. The first-order valence-corrected chi connectivity index (χ1v) is 7.51. The van der Waals surface area contributed by atoms with E-state index < -0.39 is 0 Å². The predicted octanol–water partition coefficient (Wildman–Crippen LogP) is 3.42. The molecule has 2 heterocycles. The number of carbonyl (C=O) groups is 1. The number of likely N-dealkylation sites (N-methyl/N-ethyl adjacent to an activating group) is 1. The molecule has 114 valence electrons. The van der Waals surface area contributed by atoms with Gasteiger partial charge in [0, 0.05) is 23.5 Å². The summed E-state index contributed by atoms with van der Waals surface area (Å²) in [5.41, 5.74) is 3.05. The molecule has 2 aromatic rings. The van der Waals surface area contributed by atoms with E-state index in [1.807, 2.05) is 32.0 Å². The number of carbonyl (C=O) groups excluding carboxylic acids is 1. The molecule has 0 bridgehead atoms. The molecule has 4 heteroatoms. The molecule has 0 saturated carbocycles. The third-order valence-electron chi connectivity index (χ3n) is 3.96. The summed E-state index contributed by atoms with van der Waals surface area (Å²) in [5.74, 6) is 1.07. The summed E-state index contributed by atoms with van der Waals surface area (Å²) < 4.78 is 7.54. The lowest BCUT2D eigenvalue weighted by Crippen LogP contribution is -2.29. The van der Waals surface area contributed by atoms with E-state index in [4.69, 9.17) is 4.42 Å². The Bertz CT molecular complexity index is 597. The minimum absolute atomic E-state index is 0.177. The van der Waals surface area contributed by atoms with Crippen molar-refractivity contribution in [1.29, 1.82) is 0 Å². The highest BCUT2D eigenvalue weighted by Crippen LogP contribution is 2.16. The van der Waals surface area contributed by atoms with Gasteiger partial charge < -0.3 is 8.98 Å². The zero-order valence-corrected chi connectivity index (χ0v) is 13.3. The molecule has 0 atom stereocenters. The van der Waals surface area contributed by atoms with Crippen LogP contribution in [0.15, 0.2) is 28.9 Å². The fourth-order valence-corrected chi connectivity index (χ4v) is 2.76. The molecule has 21 heavy (non-hydrogen) atoms. The fourth-order valence-electron chi connectivity index (χ4n) is 2.76. The molecular formula is C17H24N2O2. The molecule has 0 aliphatic carbocycles. The third kappa shape index (κ3) is 3.45. The number of hydrogen-bond acceptors (Lipinski definition) is 3.